The highest BCUT2D eigenvalue weighted by molar-refractivity contribution is 6.13. The standard InChI is InChI=1S/C34H35N3O6/c1-37(18-17-22-11-16-28(40-2)30(21-22)42-4)19-20-43-24-14-12-23(13-15-24)35-34(39)27-9-5-7-25-31(27)36-32-26(33(25)38)8-6-10-29(32)41-3/h5-16,21H,17-20H2,1-4H3,(H,35,39)(H,36,38). The fourth-order valence-electron chi connectivity index (χ4n) is 4.98. The van der Waals surface area contributed by atoms with Gasteiger partial charge in [0.2, 0.25) is 0 Å². The van der Waals surface area contributed by atoms with Gasteiger partial charge in [-0.25, -0.2) is 0 Å². The molecular weight excluding hydrogens is 546 g/mol. The molecule has 0 bridgehead atoms. The van der Waals surface area contributed by atoms with Crippen molar-refractivity contribution < 1.29 is 23.7 Å². The first-order chi connectivity index (χ1) is 20.9. The van der Waals surface area contributed by atoms with Crippen molar-refractivity contribution in [2.75, 3.05) is 53.4 Å². The molecule has 9 nitrogen and oxygen atoms in total. The Balaban J connectivity index is 1.17. The number of H-pyrrole nitrogens is 1. The fraction of sp³-hybridized carbons (Fsp3) is 0.235. The van der Waals surface area contributed by atoms with Crippen LogP contribution < -0.4 is 29.7 Å². The molecule has 0 radical (unpaired) electrons. The van der Waals surface area contributed by atoms with Gasteiger partial charge in [-0.3, -0.25) is 9.59 Å². The number of anilines is 1. The first kappa shape index (κ1) is 29.5. The number of benzene rings is 4. The summed E-state index contributed by atoms with van der Waals surface area (Å²) in [6.07, 6.45) is 0.875. The number of fused-ring (bicyclic) bond motifs is 2. The molecule has 5 rings (SSSR count). The molecule has 5 aromatic rings. The Morgan fingerprint density at radius 1 is 0.791 bits per heavy atom. The van der Waals surface area contributed by atoms with Crippen molar-refractivity contribution in [3.8, 4) is 23.0 Å². The van der Waals surface area contributed by atoms with Crippen molar-refractivity contribution >= 4 is 33.4 Å². The summed E-state index contributed by atoms with van der Waals surface area (Å²) in [5, 5.41) is 3.86. The van der Waals surface area contributed by atoms with Gasteiger partial charge in [0.05, 0.1) is 37.9 Å². The number of aromatic nitrogens is 1. The molecule has 2 N–H and O–H groups in total. The van der Waals surface area contributed by atoms with E-state index in [9.17, 15) is 9.59 Å². The average molecular weight is 582 g/mol. The Labute approximate surface area is 249 Å². The summed E-state index contributed by atoms with van der Waals surface area (Å²) in [6, 6.07) is 23.6. The van der Waals surface area contributed by atoms with E-state index in [1.165, 1.54) is 5.56 Å². The first-order valence-corrected chi connectivity index (χ1v) is 14.0. The van der Waals surface area contributed by atoms with E-state index in [4.69, 9.17) is 18.9 Å². The number of nitrogens with one attached hydrogen (secondary N) is 2. The molecule has 222 valence electrons. The number of likely N-dealkylation sites (N-methyl/N-ethyl adjacent to an activating group) is 1. The molecule has 0 aliphatic rings. The molecular formula is C34H35N3O6. The summed E-state index contributed by atoms with van der Waals surface area (Å²) in [4.78, 5) is 31.9. The second-order valence-electron chi connectivity index (χ2n) is 10.1. The van der Waals surface area contributed by atoms with Gasteiger partial charge in [0.1, 0.15) is 18.1 Å². The summed E-state index contributed by atoms with van der Waals surface area (Å²) in [7, 11) is 6.87. The SMILES string of the molecule is COc1ccc(CCN(C)CCOc2ccc(NC(=O)c3cccc4c(=O)c5cccc(OC)c5[nH]c34)cc2)cc1OC. The van der Waals surface area contributed by atoms with E-state index in [1.54, 1.807) is 69.9 Å². The second-order valence-corrected chi connectivity index (χ2v) is 10.1. The number of carbonyl (C=O) groups excluding carboxylic acids is 1. The number of hydrogen-bond donors (Lipinski definition) is 2. The minimum atomic E-state index is -0.333. The first-order valence-electron chi connectivity index (χ1n) is 14.0. The number of aromatic amines is 1. The molecule has 0 saturated heterocycles. The number of nitrogens with zero attached hydrogens (tertiary/aromatic N) is 1. The van der Waals surface area contributed by atoms with Crippen molar-refractivity contribution in [1.82, 2.24) is 9.88 Å². The van der Waals surface area contributed by atoms with Crippen LogP contribution in [0.5, 0.6) is 23.0 Å². The highest BCUT2D eigenvalue weighted by atomic mass is 16.5. The molecule has 1 heterocycles. The third kappa shape index (κ3) is 6.57. The third-order valence-corrected chi connectivity index (χ3v) is 7.38. The number of pyridine rings is 1. The number of carbonyl (C=O) groups is 1. The van der Waals surface area contributed by atoms with Crippen molar-refractivity contribution in [2.24, 2.45) is 0 Å². The number of amides is 1. The van der Waals surface area contributed by atoms with Crippen LogP contribution in [0.1, 0.15) is 15.9 Å². The molecule has 4 aromatic carbocycles. The minimum absolute atomic E-state index is 0.162. The third-order valence-electron chi connectivity index (χ3n) is 7.38. The quantitative estimate of drug-likeness (QED) is 0.187. The zero-order chi connectivity index (χ0) is 30.3. The normalized spacial score (nSPS) is 11.1. The molecule has 0 unspecified atom stereocenters. The summed E-state index contributed by atoms with van der Waals surface area (Å²) in [5.41, 5.74) is 2.99. The van der Waals surface area contributed by atoms with Gasteiger partial charge < -0.3 is 34.1 Å². The Morgan fingerprint density at radius 3 is 2.21 bits per heavy atom. The van der Waals surface area contributed by atoms with Gasteiger partial charge in [-0.05, 0) is 79.7 Å². The van der Waals surface area contributed by atoms with Crippen LogP contribution >= 0.6 is 0 Å². The molecule has 0 aliphatic heterocycles. The number of hydrogen-bond acceptors (Lipinski definition) is 7. The molecule has 1 aromatic heterocycles. The lowest BCUT2D eigenvalue weighted by Gasteiger charge is -2.17. The van der Waals surface area contributed by atoms with Gasteiger partial charge in [0.25, 0.3) is 5.91 Å². The molecule has 0 saturated carbocycles. The molecule has 0 spiro atoms. The van der Waals surface area contributed by atoms with E-state index in [1.807, 2.05) is 30.3 Å². The predicted octanol–water partition coefficient (Wildman–Crippen LogP) is 5.51. The van der Waals surface area contributed by atoms with Crippen molar-refractivity contribution in [3.63, 3.8) is 0 Å². The van der Waals surface area contributed by atoms with Crippen LogP contribution in [-0.2, 0) is 6.42 Å². The maximum atomic E-state index is 13.3. The molecule has 0 atom stereocenters. The molecule has 43 heavy (non-hydrogen) atoms. The Hall–Kier alpha value is -5.02. The summed E-state index contributed by atoms with van der Waals surface area (Å²) in [5.74, 6) is 2.36. The molecule has 0 fully saturated rings. The maximum Gasteiger partial charge on any atom is 0.257 e. The predicted molar refractivity (Wildman–Crippen MR) is 169 cm³/mol. The van der Waals surface area contributed by atoms with Gasteiger partial charge in [-0.2, -0.15) is 0 Å². The van der Waals surface area contributed by atoms with Crippen LogP contribution in [-0.4, -0.2) is 63.9 Å². The number of rotatable bonds is 12. The molecule has 1 amide bonds. The maximum absolute atomic E-state index is 13.3. The lowest BCUT2D eigenvalue weighted by Crippen LogP contribution is -2.26. The fourth-order valence-corrected chi connectivity index (χ4v) is 4.98. The summed E-state index contributed by atoms with van der Waals surface area (Å²) < 4.78 is 22.1. The number of para-hydroxylation sites is 2. The Morgan fingerprint density at radius 2 is 1.49 bits per heavy atom. The van der Waals surface area contributed by atoms with Crippen molar-refractivity contribution in [3.05, 3.63) is 100 Å². The topological polar surface area (TPSA) is 102 Å². The van der Waals surface area contributed by atoms with Crippen molar-refractivity contribution in [2.45, 2.75) is 6.42 Å². The molecule has 9 heteroatoms. The average Bonchev–Trinajstić information content (AvgIpc) is 3.04. The zero-order valence-electron chi connectivity index (χ0n) is 24.7. The number of methoxy groups -OCH3 is 3. The van der Waals surface area contributed by atoms with Gasteiger partial charge >= 0.3 is 0 Å². The van der Waals surface area contributed by atoms with E-state index in [0.717, 1.165) is 31.0 Å². The second kappa shape index (κ2) is 13.3. The zero-order valence-corrected chi connectivity index (χ0v) is 24.7. The van der Waals surface area contributed by atoms with Gasteiger partial charge in [-0.1, -0.05) is 18.2 Å². The lowest BCUT2D eigenvalue weighted by atomic mass is 10.1. The van der Waals surface area contributed by atoms with E-state index >= 15 is 0 Å². The minimum Gasteiger partial charge on any atom is -0.495 e. The van der Waals surface area contributed by atoms with Crippen LogP contribution in [0.25, 0.3) is 21.8 Å². The summed E-state index contributed by atoms with van der Waals surface area (Å²) >= 11 is 0. The van der Waals surface area contributed by atoms with Crippen LogP contribution in [0.2, 0.25) is 0 Å². The number of ether oxygens (including phenoxy) is 4. The largest absolute Gasteiger partial charge is 0.495 e. The van der Waals surface area contributed by atoms with Crippen LogP contribution in [0, 0.1) is 0 Å². The highest BCUT2D eigenvalue weighted by Gasteiger charge is 2.16. The van der Waals surface area contributed by atoms with Gasteiger partial charge in [0.15, 0.2) is 16.9 Å². The van der Waals surface area contributed by atoms with E-state index in [2.05, 4.69) is 22.2 Å². The van der Waals surface area contributed by atoms with E-state index in [-0.39, 0.29) is 11.3 Å². The van der Waals surface area contributed by atoms with Crippen molar-refractivity contribution in [1.29, 1.82) is 0 Å². The van der Waals surface area contributed by atoms with Crippen LogP contribution in [0.3, 0.4) is 0 Å². The van der Waals surface area contributed by atoms with Crippen LogP contribution in [0.4, 0.5) is 5.69 Å². The summed E-state index contributed by atoms with van der Waals surface area (Å²) in [6.45, 7) is 2.14. The highest BCUT2D eigenvalue weighted by Crippen LogP contribution is 2.28. The molecule has 0 aliphatic carbocycles. The Kier molecular flexibility index (Phi) is 9.12. The van der Waals surface area contributed by atoms with E-state index in [0.29, 0.717) is 51.2 Å². The van der Waals surface area contributed by atoms with E-state index < -0.39 is 0 Å². The monoisotopic (exact) mass is 581 g/mol. The Bertz CT molecular complexity index is 1800. The van der Waals surface area contributed by atoms with Crippen LogP contribution in [0.15, 0.2) is 83.7 Å². The van der Waals surface area contributed by atoms with Gasteiger partial charge in [0, 0.05) is 29.5 Å². The van der Waals surface area contributed by atoms with Gasteiger partial charge in [-0.15, -0.1) is 0 Å². The lowest BCUT2D eigenvalue weighted by molar-refractivity contribution is 0.102. The smallest absolute Gasteiger partial charge is 0.257 e.